The van der Waals surface area contributed by atoms with E-state index in [1.54, 1.807) is 11.3 Å². The average Bonchev–Trinajstić information content (AvgIpc) is 2.95. The van der Waals surface area contributed by atoms with Crippen molar-refractivity contribution >= 4 is 34.8 Å². The van der Waals surface area contributed by atoms with Gasteiger partial charge in [0.2, 0.25) is 5.91 Å². The number of hydrogen-bond donors (Lipinski definition) is 2. The van der Waals surface area contributed by atoms with Gasteiger partial charge >= 0.3 is 0 Å². The van der Waals surface area contributed by atoms with E-state index in [9.17, 15) is 4.79 Å². The van der Waals surface area contributed by atoms with Crippen molar-refractivity contribution in [3.8, 4) is 0 Å². The summed E-state index contributed by atoms with van der Waals surface area (Å²) < 4.78 is 0. The monoisotopic (exact) mass is 301 g/mol. The number of carbonyl (C=O) groups is 1. The first kappa shape index (κ1) is 14.8. The fourth-order valence-electron chi connectivity index (χ4n) is 2.69. The Kier molecular flexibility index (Phi) is 4.81. The Labute approximate surface area is 123 Å². The lowest BCUT2D eigenvalue weighted by Crippen LogP contribution is -2.35. The average molecular weight is 302 g/mol. The molecule has 106 valence electrons. The highest BCUT2D eigenvalue weighted by Gasteiger charge is 2.24. The molecule has 2 aliphatic rings. The van der Waals surface area contributed by atoms with Crippen molar-refractivity contribution < 1.29 is 4.79 Å². The van der Waals surface area contributed by atoms with E-state index in [0.29, 0.717) is 0 Å². The first-order chi connectivity index (χ1) is 8.72. The van der Waals surface area contributed by atoms with Gasteiger partial charge in [-0.05, 0) is 44.6 Å². The summed E-state index contributed by atoms with van der Waals surface area (Å²) in [4.78, 5) is 17.9. The van der Waals surface area contributed by atoms with Gasteiger partial charge in [-0.3, -0.25) is 4.79 Å². The Bertz CT molecular complexity index is 457. The van der Waals surface area contributed by atoms with Crippen molar-refractivity contribution in [1.29, 1.82) is 0 Å². The first-order valence-electron chi connectivity index (χ1n) is 6.75. The lowest BCUT2D eigenvalue weighted by atomic mass is 9.93. The number of fused-ring (bicyclic) bond motifs is 1. The Morgan fingerprint density at radius 1 is 1.47 bits per heavy atom. The van der Waals surface area contributed by atoms with Crippen LogP contribution in [0, 0.1) is 5.92 Å². The summed E-state index contributed by atoms with van der Waals surface area (Å²) in [6.45, 7) is 3.23. The summed E-state index contributed by atoms with van der Waals surface area (Å²) in [6.07, 6.45) is 5.42. The second-order valence-corrected chi connectivity index (χ2v) is 6.46. The summed E-state index contributed by atoms with van der Waals surface area (Å²) in [5.41, 5.74) is 1.20. The largest absolute Gasteiger partial charge is 0.306 e. The van der Waals surface area contributed by atoms with Crippen molar-refractivity contribution in [1.82, 2.24) is 10.3 Å². The minimum atomic E-state index is -0.0233. The maximum absolute atomic E-state index is 12.0. The van der Waals surface area contributed by atoms with Crippen LogP contribution in [0.15, 0.2) is 0 Å². The smallest absolute Gasteiger partial charge is 0.243 e. The van der Waals surface area contributed by atoms with E-state index in [4.69, 9.17) is 0 Å². The maximum Gasteiger partial charge on any atom is 0.243 e. The number of anilines is 1. The van der Waals surface area contributed by atoms with E-state index in [-0.39, 0.29) is 24.4 Å². The van der Waals surface area contributed by atoms with Crippen molar-refractivity contribution in [2.45, 2.75) is 45.1 Å². The fourth-order valence-corrected chi connectivity index (χ4v) is 3.87. The molecule has 0 bridgehead atoms. The molecule has 2 N–H and O–H groups in total. The molecule has 0 spiro atoms. The maximum atomic E-state index is 12.0. The van der Waals surface area contributed by atoms with Crippen LogP contribution in [0.4, 0.5) is 5.13 Å². The van der Waals surface area contributed by atoms with Gasteiger partial charge in [0.1, 0.15) is 0 Å². The number of nitrogens with one attached hydrogen (secondary N) is 2. The second-order valence-electron chi connectivity index (χ2n) is 5.38. The Hall–Kier alpha value is -0.650. The summed E-state index contributed by atoms with van der Waals surface area (Å²) in [5.74, 6) is 0.824. The molecule has 1 saturated heterocycles. The molecule has 2 atom stereocenters. The Balaban J connectivity index is 0.00000133. The normalized spacial score (nSPS) is 25.5. The molecule has 0 aromatic carbocycles. The zero-order chi connectivity index (χ0) is 12.5. The predicted octanol–water partition coefficient (Wildman–Crippen LogP) is 2.38. The number of rotatable bonds is 2. The number of thiazole rings is 1. The topological polar surface area (TPSA) is 54.0 Å². The lowest BCUT2D eigenvalue weighted by molar-refractivity contribution is -0.117. The van der Waals surface area contributed by atoms with Crippen LogP contribution in [0.2, 0.25) is 0 Å². The summed E-state index contributed by atoms with van der Waals surface area (Å²) in [6, 6.07) is -0.0233. The standard InChI is InChI=1S/C13H19N3OS.ClH/c1-8-4-5-9-11(7-8)18-13(15-9)16-12(17)10-3-2-6-14-10;/h8,10,14H,2-7H2,1H3,(H,15,16,17);1H. The molecule has 4 nitrogen and oxygen atoms in total. The Morgan fingerprint density at radius 3 is 3.05 bits per heavy atom. The number of aryl methyl sites for hydroxylation is 1. The molecule has 2 heterocycles. The first-order valence-corrected chi connectivity index (χ1v) is 7.57. The molecule has 1 fully saturated rings. The number of halogens is 1. The van der Waals surface area contributed by atoms with Crippen molar-refractivity contribution in [3.05, 3.63) is 10.6 Å². The number of nitrogens with zero attached hydrogens (tertiary/aromatic N) is 1. The highest BCUT2D eigenvalue weighted by atomic mass is 35.5. The van der Waals surface area contributed by atoms with E-state index in [1.165, 1.54) is 17.0 Å². The molecule has 1 aliphatic carbocycles. The van der Waals surface area contributed by atoms with Crippen LogP contribution in [0.25, 0.3) is 0 Å². The predicted molar refractivity (Wildman–Crippen MR) is 80.2 cm³/mol. The lowest BCUT2D eigenvalue weighted by Gasteiger charge is -2.15. The van der Waals surface area contributed by atoms with Crippen LogP contribution in [0.5, 0.6) is 0 Å². The third-order valence-corrected chi connectivity index (χ3v) is 4.83. The van der Waals surface area contributed by atoms with Gasteiger partial charge in [-0.1, -0.05) is 6.92 Å². The molecule has 3 rings (SSSR count). The van der Waals surface area contributed by atoms with E-state index < -0.39 is 0 Å². The van der Waals surface area contributed by atoms with E-state index in [2.05, 4.69) is 22.5 Å². The molecule has 0 saturated carbocycles. The van der Waals surface area contributed by atoms with Crippen LogP contribution < -0.4 is 10.6 Å². The number of hydrogen-bond acceptors (Lipinski definition) is 4. The van der Waals surface area contributed by atoms with E-state index >= 15 is 0 Å². The molecule has 1 aliphatic heterocycles. The highest BCUT2D eigenvalue weighted by Crippen LogP contribution is 2.32. The Morgan fingerprint density at radius 2 is 2.32 bits per heavy atom. The summed E-state index contributed by atoms with van der Waals surface area (Å²) >= 11 is 1.66. The fraction of sp³-hybridized carbons (Fsp3) is 0.692. The van der Waals surface area contributed by atoms with Crippen molar-refractivity contribution in [3.63, 3.8) is 0 Å². The number of carbonyl (C=O) groups excluding carboxylic acids is 1. The quantitative estimate of drug-likeness (QED) is 0.882. The van der Waals surface area contributed by atoms with Gasteiger partial charge in [0.05, 0.1) is 11.7 Å². The molecular weight excluding hydrogens is 282 g/mol. The highest BCUT2D eigenvalue weighted by molar-refractivity contribution is 7.15. The summed E-state index contributed by atoms with van der Waals surface area (Å²) in [5, 5.41) is 6.96. The van der Waals surface area contributed by atoms with Gasteiger partial charge < -0.3 is 10.6 Å². The van der Waals surface area contributed by atoms with Gasteiger partial charge in [-0.15, -0.1) is 23.7 Å². The van der Waals surface area contributed by atoms with Crippen LogP contribution >= 0.6 is 23.7 Å². The minimum Gasteiger partial charge on any atom is -0.306 e. The number of amides is 1. The molecule has 2 unspecified atom stereocenters. The molecule has 1 amide bonds. The van der Waals surface area contributed by atoms with Gasteiger partial charge in [0.25, 0.3) is 0 Å². The van der Waals surface area contributed by atoms with Crippen LogP contribution in [-0.4, -0.2) is 23.5 Å². The summed E-state index contributed by atoms with van der Waals surface area (Å²) in [7, 11) is 0. The number of aromatic nitrogens is 1. The van der Waals surface area contributed by atoms with E-state index in [0.717, 1.165) is 43.3 Å². The third-order valence-electron chi connectivity index (χ3n) is 3.79. The van der Waals surface area contributed by atoms with Gasteiger partial charge in [0.15, 0.2) is 5.13 Å². The van der Waals surface area contributed by atoms with Crippen LogP contribution in [0.1, 0.15) is 36.8 Å². The minimum absolute atomic E-state index is 0. The molecule has 6 heteroatoms. The molecule has 1 aromatic heterocycles. The van der Waals surface area contributed by atoms with Crippen molar-refractivity contribution in [2.24, 2.45) is 5.92 Å². The molecule has 19 heavy (non-hydrogen) atoms. The van der Waals surface area contributed by atoms with Crippen molar-refractivity contribution in [2.75, 3.05) is 11.9 Å². The molecule has 0 radical (unpaired) electrons. The molecular formula is C13H20ClN3OS. The molecule has 1 aromatic rings. The van der Waals surface area contributed by atoms with Gasteiger partial charge in [0, 0.05) is 4.88 Å². The van der Waals surface area contributed by atoms with Gasteiger partial charge in [-0.25, -0.2) is 4.98 Å². The zero-order valence-electron chi connectivity index (χ0n) is 11.1. The SMILES string of the molecule is CC1CCc2nc(NC(=O)C3CCCN3)sc2C1.Cl. The van der Waals surface area contributed by atoms with E-state index in [1.807, 2.05) is 0 Å². The van der Waals surface area contributed by atoms with Gasteiger partial charge in [-0.2, -0.15) is 0 Å². The van der Waals surface area contributed by atoms with Crippen LogP contribution in [-0.2, 0) is 17.6 Å². The zero-order valence-corrected chi connectivity index (χ0v) is 12.7. The second kappa shape index (κ2) is 6.20. The third kappa shape index (κ3) is 3.27. The van der Waals surface area contributed by atoms with Crippen LogP contribution in [0.3, 0.4) is 0 Å².